The Labute approximate surface area is 81.1 Å². The van der Waals surface area contributed by atoms with E-state index in [0.717, 1.165) is 6.07 Å². The molecule has 0 N–H and O–H groups in total. The van der Waals surface area contributed by atoms with Gasteiger partial charge in [-0.2, -0.15) is 4.39 Å². The van der Waals surface area contributed by atoms with Crippen LogP contribution in [0, 0.1) is 16.6 Å². The van der Waals surface area contributed by atoms with Gasteiger partial charge < -0.3 is 0 Å². The van der Waals surface area contributed by atoms with E-state index in [1.807, 2.05) is 0 Å². The summed E-state index contributed by atoms with van der Waals surface area (Å²) in [6, 6.07) is 1.12. The molecule has 66 valence electrons. The zero-order valence-corrected chi connectivity index (χ0v) is 8.27. The van der Waals surface area contributed by atoms with Gasteiger partial charge in [-0.1, -0.05) is 0 Å². The molecule has 12 heavy (non-hydrogen) atoms. The lowest BCUT2D eigenvalue weighted by Crippen LogP contribution is -1.98. The quantitative estimate of drug-likeness (QED) is 0.571. The van der Waals surface area contributed by atoms with E-state index in [1.165, 1.54) is 0 Å². The predicted octanol–water partition coefficient (Wildman–Crippen LogP) is 3.07. The second kappa shape index (κ2) is 3.59. The van der Waals surface area contributed by atoms with Crippen LogP contribution < -0.4 is 0 Å². The Bertz CT molecular complexity index is 301. The molecule has 0 saturated carbocycles. The zero-order chi connectivity index (χ0) is 9.30. The average molecular weight is 287 g/mol. The Balaban J connectivity index is 3.23. The van der Waals surface area contributed by atoms with Gasteiger partial charge in [0.15, 0.2) is 0 Å². The molecule has 5 heteroatoms. The van der Waals surface area contributed by atoms with E-state index in [1.54, 1.807) is 29.5 Å². The molecule has 0 aliphatic carbocycles. The molecule has 0 bridgehead atoms. The van der Waals surface area contributed by atoms with E-state index in [9.17, 15) is 13.2 Å². The van der Waals surface area contributed by atoms with Crippen molar-refractivity contribution in [3.63, 3.8) is 0 Å². The van der Waals surface area contributed by atoms with Crippen molar-refractivity contribution in [2.75, 3.05) is 0 Å². The molecule has 0 saturated heterocycles. The van der Waals surface area contributed by atoms with Gasteiger partial charge in [-0.05, 0) is 41.1 Å². The predicted molar refractivity (Wildman–Crippen MR) is 46.6 cm³/mol. The molecular formula is C7H5F3IN. The lowest BCUT2D eigenvalue weighted by Gasteiger charge is -2.03. The van der Waals surface area contributed by atoms with E-state index in [0.29, 0.717) is 9.26 Å². The van der Waals surface area contributed by atoms with E-state index < -0.39 is 17.9 Å². The monoisotopic (exact) mass is 287 g/mol. The minimum Gasteiger partial charge on any atom is -0.213 e. The van der Waals surface area contributed by atoms with Crippen LogP contribution in [0.5, 0.6) is 0 Å². The number of nitrogens with zero attached hydrogens (tertiary/aromatic N) is 1. The molecule has 0 amide bonds. The topological polar surface area (TPSA) is 12.9 Å². The largest absolute Gasteiger partial charge is 0.268 e. The van der Waals surface area contributed by atoms with Gasteiger partial charge >= 0.3 is 0 Å². The first kappa shape index (κ1) is 9.76. The van der Waals surface area contributed by atoms with Crippen molar-refractivity contribution in [2.45, 2.75) is 13.3 Å². The summed E-state index contributed by atoms with van der Waals surface area (Å²) in [7, 11) is 0. The third-order valence-corrected chi connectivity index (χ3v) is 2.46. The molecule has 1 heterocycles. The summed E-state index contributed by atoms with van der Waals surface area (Å²) in [5.74, 6) is -1.08. The number of hydrogen-bond donors (Lipinski definition) is 0. The maximum absolute atomic E-state index is 12.7. The summed E-state index contributed by atoms with van der Waals surface area (Å²) >= 11 is 1.79. The second-order valence-electron chi connectivity index (χ2n) is 2.28. The van der Waals surface area contributed by atoms with Crippen molar-refractivity contribution < 1.29 is 13.2 Å². The van der Waals surface area contributed by atoms with Crippen molar-refractivity contribution in [1.29, 1.82) is 0 Å². The molecule has 0 unspecified atom stereocenters. The SMILES string of the molecule is Cc1cc(C(F)F)c(F)nc1I. The zero-order valence-electron chi connectivity index (χ0n) is 6.11. The van der Waals surface area contributed by atoms with Gasteiger partial charge in [0, 0.05) is 0 Å². The fourth-order valence-corrected chi connectivity index (χ4v) is 1.11. The summed E-state index contributed by atoms with van der Waals surface area (Å²) in [5, 5.41) is 0. The first-order chi connectivity index (χ1) is 5.52. The Morgan fingerprint density at radius 2 is 2.08 bits per heavy atom. The molecule has 1 aromatic rings. The third kappa shape index (κ3) is 1.88. The molecule has 0 atom stereocenters. The third-order valence-electron chi connectivity index (χ3n) is 1.37. The smallest absolute Gasteiger partial charge is 0.213 e. The highest BCUT2D eigenvalue weighted by Gasteiger charge is 2.15. The van der Waals surface area contributed by atoms with Gasteiger partial charge in [-0.15, -0.1) is 0 Å². The van der Waals surface area contributed by atoms with Crippen LogP contribution >= 0.6 is 22.6 Å². The molecule has 0 fully saturated rings. The highest BCUT2D eigenvalue weighted by atomic mass is 127. The Morgan fingerprint density at radius 3 is 2.58 bits per heavy atom. The number of pyridine rings is 1. The van der Waals surface area contributed by atoms with Crippen LogP contribution in [0.15, 0.2) is 6.07 Å². The molecule has 1 rings (SSSR count). The van der Waals surface area contributed by atoms with Crippen LogP contribution in [-0.4, -0.2) is 4.98 Å². The van der Waals surface area contributed by atoms with E-state index >= 15 is 0 Å². The summed E-state index contributed by atoms with van der Waals surface area (Å²) in [4.78, 5) is 3.33. The van der Waals surface area contributed by atoms with Gasteiger partial charge in [0.25, 0.3) is 6.43 Å². The van der Waals surface area contributed by atoms with Crippen molar-refractivity contribution in [3.05, 3.63) is 26.8 Å². The summed E-state index contributed by atoms with van der Waals surface area (Å²) in [5.41, 5.74) is -0.0692. The van der Waals surface area contributed by atoms with Crippen LogP contribution in [0.4, 0.5) is 13.2 Å². The van der Waals surface area contributed by atoms with Crippen molar-refractivity contribution in [3.8, 4) is 0 Å². The minimum absolute atomic E-state index is 0.412. The summed E-state index contributed by atoms with van der Waals surface area (Å²) in [6.45, 7) is 1.61. The number of hydrogen-bond acceptors (Lipinski definition) is 1. The fourth-order valence-electron chi connectivity index (χ4n) is 0.744. The van der Waals surface area contributed by atoms with Gasteiger partial charge in [0.1, 0.15) is 3.70 Å². The van der Waals surface area contributed by atoms with Crippen LogP contribution in [0.3, 0.4) is 0 Å². The van der Waals surface area contributed by atoms with E-state index in [-0.39, 0.29) is 0 Å². The van der Waals surface area contributed by atoms with E-state index in [4.69, 9.17) is 0 Å². The molecule has 0 radical (unpaired) electrons. The average Bonchev–Trinajstić information content (AvgIpc) is 1.96. The van der Waals surface area contributed by atoms with Crippen molar-refractivity contribution in [2.24, 2.45) is 0 Å². The number of alkyl halides is 2. The van der Waals surface area contributed by atoms with Gasteiger partial charge in [0.2, 0.25) is 5.95 Å². The first-order valence-corrected chi connectivity index (χ1v) is 4.21. The normalized spacial score (nSPS) is 10.8. The summed E-state index contributed by atoms with van der Waals surface area (Å²) < 4.78 is 37.2. The maximum atomic E-state index is 12.7. The lowest BCUT2D eigenvalue weighted by atomic mass is 10.2. The Kier molecular flexibility index (Phi) is 2.92. The fraction of sp³-hybridized carbons (Fsp3) is 0.286. The highest BCUT2D eigenvalue weighted by Crippen LogP contribution is 2.23. The van der Waals surface area contributed by atoms with Crippen LogP contribution in [0.2, 0.25) is 0 Å². The number of rotatable bonds is 1. The van der Waals surface area contributed by atoms with Crippen LogP contribution in [-0.2, 0) is 0 Å². The van der Waals surface area contributed by atoms with E-state index in [2.05, 4.69) is 4.98 Å². The van der Waals surface area contributed by atoms with Crippen LogP contribution in [0.25, 0.3) is 0 Å². The van der Waals surface area contributed by atoms with Crippen molar-refractivity contribution in [1.82, 2.24) is 4.98 Å². The second-order valence-corrected chi connectivity index (χ2v) is 3.30. The van der Waals surface area contributed by atoms with Crippen molar-refractivity contribution >= 4 is 22.6 Å². The lowest BCUT2D eigenvalue weighted by molar-refractivity contribution is 0.145. The number of aryl methyl sites for hydroxylation is 1. The molecule has 0 aliphatic rings. The number of halogens is 4. The molecule has 0 aromatic carbocycles. The summed E-state index contributed by atoms with van der Waals surface area (Å²) in [6.07, 6.45) is -2.80. The van der Waals surface area contributed by atoms with Gasteiger partial charge in [0.05, 0.1) is 5.56 Å². The Morgan fingerprint density at radius 1 is 1.50 bits per heavy atom. The molecule has 1 aromatic heterocycles. The highest BCUT2D eigenvalue weighted by molar-refractivity contribution is 14.1. The van der Waals surface area contributed by atoms with Gasteiger partial charge in [-0.3, -0.25) is 0 Å². The Hall–Kier alpha value is -0.330. The van der Waals surface area contributed by atoms with Gasteiger partial charge in [-0.25, -0.2) is 13.8 Å². The maximum Gasteiger partial charge on any atom is 0.268 e. The number of aromatic nitrogens is 1. The molecule has 0 aliphatic heterocycles. The standard InChI is InChI=1S/C7H5F3IN/c1-3-2-4(5(8)9)6(10)12-7(3)11/h2,5H,1H3. The molecule has 1 nitrogen and oxygen atoms in total. The molecule has 0 spiro atoms. The van der Waals surface area contributed by atoms with Crippen LogP contribution in [0.1, 0.15) is 17.6 Å². The molecular weight excluding hydrogens is 282 g/mol. The minimum atomic E-state index is -2.80. The first-order valence-electron chi connectivity index (χ1n) is 3.13.